The summed E-state index contributed by atoms with van der Waals surface area (Å²) in [6.45, 7) is -0.340. The molecule has 1 rings (SSSR count). The molecule has 0 aliphatic heterocycles. The van der Waals surface area contributed by atoms with E-state index < -0.39 is 12.6 Å². The molecule has 0 fully saturated rings. The van der Waals surface area contributed by atoms with Crippen LogP contribution in [0.15, 0.2) is 24.3 Å². The molecule has 0 N–H and O–H groups in total. The Kier molecular flexibility index (Phi) is 4.45. The number of para-hydroxylation sites is 1. The lowest BCUT2D eigenvalue weighted by Crippen LogP contribution is -2.13. The maximum Gasteiger partial charge on any atom is 0.392 e. The molecule has 0 saturated heterocycles. The fourth-order valence-corrected chi connectivity index (χ4v) is 1.49. The van der Waals surface area contributed by atoms with Gasteiger partial charge in [-0.1, -0.05) is 34.1 Å². The van der Waals surface area contributed by atoms with Gasteiger partial charge >= 0.3 is 6.18 Å². The molecule has 0 saturated carbocycles. The van der Waals surface area contributed by atoms with Crippen molar-refractivity contribution in [1.82, 2.24) is 0 Å². The smallest absolute Gasteiger partial charge is 0.392 e. The number of hydrogen-bond acceptors (Lipinski definition) is 1. The van der Waals surface area contributed by atoms with Crippen LogP contribution in [0, 0.1) is 0 Å². The van der Waals surface area contributed by atoms with E-state index in [1.165, 1.54) is 0 Å². The summed E-state index contributed by atoms with van der Waals surface area (Å²) in [6.07, 6.45) is -5.09. The molecule has 0 unspecified atom stereocenters. The minimum Gasteiger partial charge on any atom is -0.493 e. The average molecular weight is 283 g/mol. The highest BCUT2D eigenvalue weighted by Gasteiger charge is 2.26. The third-order valence-corrected chi connectivity index (χ3v) is 2.36. The van der Waals surface area contributed by atoms with Crippen molar-refractivity contribution in [2.24, 2.45) is 0 Å². The topological polar surface area (TPSA) is 9.23 Å². The van der Waals surface area contributed by atoms with Crippen molar-refractivity contribution >= 4 is 15.9 Å². The third kappa shape index (κ3) is 4.55. The van der Waals surface area contributed by atoms with Crippen LogP contribution < -0.4 is 4.74 Å². The van der Waals surface area contributed by atoms with E-state index in [0.717, 1.165) is 5.56 Å². The monoisotopic (exact) mass is 282 g/mol. The van der Waals surface area contributed by atoms with E-state index in [2.05, 4.69) is 15.9 Å². The van der Waals surface area contributed by atoms with Crippen LogP contribution in [0.3, 0.4) is 0 Å². The Hall–Kier alpha value is -0.710. The highest BCUT2D eigenvalue weighted by molar-refractivity contribution is 9.08. The van der Waals surface area contributed by atoms with Crippen LogP contribution in [0.4, 0.5) is 13.2 Å². The Balaban J connectivity index is 2.50. The van der Waals surface area contributed by atoms with Crippen molar-refractivity contribution in [3.8, 4) is 5.75 Å². The number of hydrogen-bond donors (Lipinski definition) is 0. The lowest BCUT2D eigenvalue weighted by atomic mass is 10.2. The van der Waals surface area contributed by atoms with Gasteiger partial charge in [0.05, 0.1) is 13.0 Å². The number of rotatable bonds is 4. The summed E-state index contributed by atoms with van der Waals surface area (Å²) >= 11 is 3.24. The van der Waals surface area contributed by atoms with Crippen molar-refractivity contribution in [1.29, 1.82) is 0 Å². The lowest BCUT2D eigenvalue weighted by Gasteiger charge is -2.10. The quantitative estimate of drug-likeness (QED) is 0.761. The minimum atomic E-state index is -4.16. The van der Waals surface area contributed by atoms with Crippen molar-refractivity contribution in [3.05, 3.63) is 29.8 Å². The molecule has 1 aromatic rings. The van der Waals surface area contributed by atoms with E-state index in [4.69, 9.17) is 4.74 Å². The van der Waals surface area contributed by atoms with Gasteiger partial charge in [0.1, 0.15) is 5.75 Å². The van der Waals surface area contributed by atoms with E-state index >= 15 is 0 Å². The first kappa shape index (κ1) is 12.4. The Labute approximate surface area is 94.4 Å². The fourth-order valence-electron chi connectivity index (χ4n) is 1.03. The summed E-state index contributed by atoms with van der Waals surface area (Å²) in [6, 6.07) is 7.01. The lowest BCUT2D eigenvalue weighted by molar-refractivity contribution is -0.139. The molecule has 0 heterocycles. The summed E-state index contributed by atoms with van der Waals surface area (Å²) in [4.78, 5) is 0. The highest BCUT2D eigenvalue weighted by atomic mass is 79.9. The van der Waals surface area contributed by atoms with Crippen LogP contribution >= 0.6 is 15.9 Å². The number of ether oxygens (including phenoxy) is 1. The second-order valence-electron chi connectivity index (χ2n) is 2.95. The SMILES string of the molecule is FC(F)(F)CCOc1ccccc1CBr. The van der Waals surface area contributed by atoms with E-state index in [1.807, 2.05) is 6.07 Å². The molecule has 0 amide bonds. The van der Waals surface area contributed by atoms with Crippen LogP contribution in [-0.2, 0) is 5.33 Å². The van der Waals surface area contributed by atoms with Gasteiger partial charge < -0.3 is 4.74 Å². The van der Waals surface area contributed by atoms with Gasteiger partial charge in [0.2, 0.25) is 0 Å². The second-order valence-corrected chi connectivity index (χ2v) is 3.52. The predicted molar refractivity (Wildman–Crippen MR) is 55.2 cm³/mol. The Morgan fingerprint density at radius 1 is 1.20 bits per heavy atom. The van der Waals surface area contributed by atoms with Crippen molar-refractivity contribution < 1.29 is 17.9 Å². The van der Waals surface area contributed by atoms with Crippen LogP contribution in [0.1, 0.15) is 12.0 Å². The molecule has 1 nitrogen and oxygen atoms in total. The first-order chi connectivity index (χ1) is 7.03. The van der Waals surface area contributed by atoms with Crippen LogP contribution in [0.5, 0.6) is 5.75 Å². The number of benzene rings is 1. The van der Waals surface area contributed by atoms with Gasteiger partial charge in [-0.3, -0.25) is 0 Å². The second kappa shape index (κ2) is 5.39. The summed E-state index contributed by atoms with van der Waals surface area (Å²) in [5.41, 5.74) is 0.847. The van der Waals surface area contributed by atoms with Crippen molar-refractivity contribution in [2.75, 3.05) is 6.61 Å². The highest BCUT2D eigenvalue weighted by Crippen LogP contribution is 2.23. The Bertz CT molecular complexity index is 312. The van der Waals surface area contributed by atoms with E-state index in [-0.39, 0.29) is 6.61 Å². The zero-order valence-electron chi connectivity index (χ0n) is 7.85. The van der Waals surface area contributed by atoms with E-state index in [1.54, 1.807) is 18.2 Å². The zero-order chi connectivity index (χ0) is 11.3. The van der Waals surface area contributed by atoms with Gasteiger partial charge in [-0.05, 0) is 6.07 Å². The summed E-state index contributed by atoms with van der Waals surface area (Å²) < 4.78 is 40.6. The van der Waals surface area contributed by atoms with Crippen LogP contribution in [0.25, 0.3) is 0 Å². The predicted octanol–water partition coefficient (Wildman–Crippen LogP) is 3.91. The molecule has 0 spiro atoms. The zero-order valence-corrected chi connectivity index (χ0v) is 9.44. The Morgan fingerprint density at radius 2 is 1.87 bits per heavy atom. The van der Waals surface area contributed by atoms with Crippen molar-refractivity contribution in [3.63, 3.8) is 0 Å². The normalized spacial score (nSPS) is 11.5. The van der Waals surface area contributed by atoms with Gasteiger partial charge in [0.15, 0.2) is 0 Å². The van der Waals surface area contributed by atoms with Gasteiger partial charge in [0.25, 0.3) is 0 Å². The molecule has 15 heavy (non-hydrogen) atoms. The minimum absolute atomic E-state index is 0.340. The first-order valence-corrected chi connectivity index (χ1v) is 5.48. The Morgan fingerprint density at radius 3 is 2.47 bits per heavy atom. The number of halogens is 4. The molecule has 0 aliphatic carbocycles. The molecule has 0 bridgehead atoms. The van der Waals surface area contributed by atoms with Gasteiger partial charge in [-0.2, -0.15) is 13.2 Å². The fraction of sp³-hybridized carbons (Fsp3) is 0.400. The third-order valence-electron chi connectivity index (χ3n) is 1.76. The maximum absolute atomic E-state index is 11.9. The maximum atomic E-state index is 11.9. The van der Waals surface area contributed by atoms with Gasteiger partial charge in [-0.25, -0.2) is 0 Å². The molecular formula is C10H10BrF3O. The summed E-state index contributed by atoms with van der Waals surface area (Å²) in [5.74, 6) is 0.499. The van der Waals surface area contributed by atoms with E-state index in [0.29, 0.717) is 11.1 Å². The standard InChI is InChI=1S/C10H10BrF3O/c11-7-8-3-1-2-4-9(8)15-6-5-10(12,13)14/h1-4H,5-7H2. The van der Waals surface area contributed by atoms with Gasteiger partial charge in [0, 0.05) is 10.9 Å². The average Bonchev–Trinajstić information content (AvgIpc) is 2.16. The molecule has 0 aromatic heterocycles. The molecule has 5 heteroatoms. The van der Waals surface area contributed by atoms with Crippen LogP contribution in [0.2, 0.25) is 0 Å². The summed E-state index contributed by atoms with van der Waals surface area (Å²) in [7, 11) is 0. The summed E-state index contributed by atoms with van der Waals surface area (Å²) in [5, 5.41) is 0.565. The largest absolute Gasteiger partial charge is 0.493 e. The number of alkyl halides is 4. The molecular weight excluding hydrogens is 273 g/mol. The molecule has 1 aromatic carbocycles. The first-order valence-electron chi connectivity index (χ1n) is 4.36. The van der Waals surface area contributed by atoms with Gasteiger partial charge in [-0.15, -0.1) is 0 Å². The van der Waals surface area contributed by atoms with E-state index in [9.17, 15) is 13.2 Å². The molecule has 0 atom stereocenters. The van der Waals surface area contributed by atoms with Crippen molar-refractivity contribution in [2.45, 2.75) is 17.9 Å². The van der Waals surface area contributed by atoms with Crippen LogP contribution in [-0.4, -0.2) is 12.8 Å². The molecule has 0 radical (unpaired) electrons. The molecule has 0 aliphatic rings. The molecule has 84 valence electrons.